The van der Waals surface area contributed by atoms with Crippen LogP contribution in [-0.4, -0.2) is 12.5 Å². The topological polar surface area (TPSA) is 38.3 Å². The fourth-order valence-corrected chi connectivity index (χ4v) is 2.34. The molecule has 1 atom stereocenters. The second-order valence-corrected chi connectivity index (χ2v) is 5.49. The van der Waals surface area contributed by atoms with Crippen LogP contribution < -0.4 is 10.1 Å². The lowest BCUT2D eigenvalue weighted by Crippen LogP contribution is -2.24. The number of carbonyl (C=O) groups excluding carboxylic acids is 1. The third kappa shape index (κ3) is 5.15. The van der Waals surface area contributed by atoms with Crippen LogP contribution in [0.4, 0.5) is 0 Å². The Balaban J connectivity index is 1.95. The first-order valence-electron chi connectivity index (χ1n) is 7.56. The summed E-state index contributed by atoms with van der Waals surface area (Å²) in [7, 11) is 0. The van der Waals surface area contributed by atoms with Gasteiger partial charge in [0, 0.05) is 11.1 Å². The lowest BCUT2D eigenvalue weighted by molar-refractivity contribution is -0.117. The van der Waals surface area contributed by atoms with Gasteiger partial charge in [-0.1, -0.05) is 41.9 Å². The van der Waals surface area contributed by atoms with Crippen LogP contribution in [0.2, 0.25) is 5.02 Å². The highest BCUT2D eigenvalue weighted by molar-refractivity contribution is 6.32. The average Bonchev–Trinajstić information content (AvgIpc) is 2.55. The zero-order chi connectivity index (χ0) is 16.7. The summed E-state index contributed by atoms with van der Waals surface area (Å²) >= 11 is 6.05. The minimum absolute atomic E-state index is 0.0888. The van der Waals surface area contributed by atoms with Crippen molar-refractivity contribution in [2.45, 2.75) is 19.9 Å². The number of hydrogen-bond donors (Lipinski definition) is 1. The molecule has 0 unspecified atom stereocenters. The summed E-state index contributed by atoms with van der Waals surface area (Å²) in [5, 5.41) is 3.55. The predicted molar refractivity (Wildman–Crippen MR) is 94.7 cm³/mol. The van der Waals surface area contributed by atoms with E-state index in [1.54, 1.807) is 12.1 Å². The second-order valence-electron chi connectivity index (χ2n) is 5.09. The predicted octanol–water partition coefficient (Wildman–Crippen LogP) is 4.63. The maximum absolute atomic E-state index is 12.0. The van der Waals surface area contributed by atoms with Gasteiger partial charge in [0.25, 0.3) is 0 Å². The van der Waals surface area contributed by atoms with E-state index in [-0.39, 0.29) is 11.9 Å². The van der Waals surface area contributed by atoms with E-state index in [1.165, 1.54) is 6.08 Å². The molecule has 2 rings (SSSR count). The third-order valence-electron chi connectivity index (χ3n) is 3.37. The Bertz CT molecular complexity index is 680. The lowest BCUT2D eigenvalue weighted by Gasteiger charge is -2.13. The van der Waals surface area contributed by atoms with Gasteiger partial charge in [0.2, 0.25) is 5.91 Å². The van der Waals surface area contributed by atoms with Crippen molar-refractivity contribution in [1.82, 2.24) is 5.32 Å². The molecule has 0 saturated carbocycles. The zero-order valence-corrected chi connectivity index (χ0v) is 14.0. The largest absolute Gasteiger partial charge is 0.494 e. The molecule has 0 aromatic heterocycles. The molecule has 2 aromatic rings. The number of ether oxygens (including phenoxy) is 1. The first kappa shape index (κ1) is 17.1. The second kappa shape index (κ2) is 8.39. The molecule has 1 N–H and O–H groups in total. The van der Waals surface area contributed by atoms with E-state index in [4.69, 9.17) is 16.3 Å². The lowest BCUT2D eigenvalue weighted by atomic mass is 10.1. The molecule has 0 radical (unpaired) electrons. The van der Waals surface area contributed by atoms with Crippen molar-refractivity contribution in [3.63, 3.8) is 0 Å². The fraction of sp³-hybridized carbons (Fsp3) is 0.211. The summed E-state index contributed by atoms with van der Waals surface area (Å²) in [5.74, 6) is 0.666. The standard InChI is InChI=1S/C19H20ClNO2/c1-3-23-17-11-8-15(9-12-17)14(2)21-19(22)13-10-16-6-4-5-7-18(16)20/h4-14H,3H2,1-2H3,(H,21,22)/b13-10+/t14-/m1/s1. The number of benzene rings is 2. The van der Waals surface area contributed by atoms with E-state index in [0.29, 0.717) is 11.6 Å². The van der Waals surface area contributed by atoms with Crippen molar-refractivity contribution >= 4 is 23.6 Å². The number of amides is 1. The van der Waals surface area contributed by atoms with E-state index in [9.17, 15) is 4.79 Å². The highest BCUT2D eigenvalue weighted by Crippen LogP contribution is 2.18. The van der Waals surface area contributed by atoms with Crippen molar-refractivity contribution in [2.75, 3.05) is 6.61 Å². The summed E-state index contributed by atoms with van der Waals surface area (Å²) in [6.45, 7) is 4.53. The van der Waals surface area contributed by atoms with Gasteiger partial charge in [-0.25, -0.2) is 0 Å². The average molecular weight is 330 g/mol. The van der Waals surface area contributed by atoms with Gasteiger partial charge in [-0.3, -0.25) is 4.79 Å². The Labute approximate surface area is 141 Å². The molecule has 0 bridgehead atoms. The molecule has 0 aliphatic carbocycles. The van der Waals surface area contributed by atoms with Crippen LogP contribution in [-0.2, 0) is 4.79 Å². The van der Waals surface area contributed by atoms with E-state index < -0.39 is 0 Å². The highest BCUT2D eigenvalue weighted by Gasteiger charge is 2.07. The minimum atomic E-state index is -0.161. The SMILES string of the molecule is CCOc1ccc([C@@H](C)NC(=O)/C=C/c2ccccc2Cl)cc1. The van der Waals surface area contributed by atoms with E-state index >= 15 is 0 Å². The Morgan fingerprint density at radius 1 is 1.22 bits per heavy atom. The smallest absolute Gasteiger partial charge is 0.244 e. The number of halogens is 1. The maximum Gasteiger partial charge on any atom is 0.244 e. The molecule has 0 aliphatic rings. The van der Waals surface area contributed by atoms with Crippen LogP contribution in [0, 0.1) is 0 Å². The fourth-order valence-electron chi connectivity index (χ4n) is 2.14. The first-order chi connectivity index (χ1) is 11.1. The monoisotopic (exact) mass is 329 g/mol. The summed E-state index contributed by atoms with van der Waals surface area (Å²) in [6, 6.07) is 15.0. The molecule has 1 amide bonds. The molecule has 23 heavy (non-hydrogen) atoms. The van der Waals surface area contributed by atoms with E-state index in [2.05, 4.69) is 5.32 Å². The Hall–Kier alpha value is -2.26. The van der Waals surface area contributed by atoms with Crippen molar-refractivity contribution in [2.24, 2.45) is 0 Å². The third-order valence-corrected chi connectivity index (χ3v) is 3.71. The van der Waals surface area contributed by atoms with Gasteiger partial charge in [0.05, 0.1) is 12.6 Å². The van der Waals surface area contributed by atoms with Gasteiger partial charge in [-0.15, -0.1) is 0 Å². The maximum atomic E-state index is 12.0. The summed E-state index contributed by atoms with van der Waals surface area (Å²) in [6.07, 6.45) is 3.20. The summed E-state index contributed by atoms with van der Waals surface area (Å²) < 4.78 is 5.41. The van der Waals surface area contributed by atoms with Gasteiger partial charge >= 0.3 is 0 Å². The number of carbonyl (C=O) groups is 1. The van der Waals surface area contributed by atoms with Gasteiger partial charge in [0.1, 0.15) is 5.75 Å². The molecule has 120 valence electrons. The van der Waals surface area contributed by atoms with Crippen LogP contribution >= 0.6 is 11.6 Å². The van der Waals surface area contributed by atoms with Crippen LogP contribution in [0.5, 0.6) is 5.75 Å². The van der Waals surface area contributed by atoms with Gasteiger partial charge in [0.15, 0.2) is 0 Å². The molecular weight excluding hydrogens is 310 g/mol. The number of hydrogen-bond acceptors (Lipinski definition) is 2. The van der Waals surface area contributed by atoms with Crippen molar-refractivity contribution < 1.29 is 9.53 Å². The molecule has 0 aliphatic heterocycles. The molecule has 0 saturated heterocycles. The Kier molecular flexibility index (Phi) is 6.24. The summed E-state index contributed by atoms with van der Waals surface area (Å²) in [5.41, 5.74) is 1.84. The number of rotatable bonds is 6. The minimum Gasteiger partial charge on any atom is -0.494 e. The molecule has 0 heterocycles. The Morgan fingerprint density at radius 2 is 1.91 bits per heavy atom. The number of nitrogens with one attached hydrogen (secondary N) is 1. The van der Waals surface area contributed by atoms with Crippen LogP contribution in [0.1, 0.15) is 31.0 Å². The molecule has 2 aromatic carbocycles. The summed E-state index contributed by atoms with van der Waals surface area (Å²) in [4.78, 5) is 12.0. The van der Waals surface area contributed by atoms with E-state index in [1.807, 2.05) is 56.3 Å². The van der Waals surface area contributed by atoms with Crippen LogP contribution in [0.3, 0.4) is 0 Å². The highest BCUT2D eigenvalue weighted by atomic mass is 35.5. The van der Waals surface area contributed by atoms with Gasteiger partial charge in [-0.2, -0.15) is 0 Å². The normalized spacial score (nSPS) is 12.1. The molecular formula is C19H20ClNO2. The quantitative estimate of drug-likeness (QED) is 0.785. The molecule has 3 nitrogen and oxygen atoms in total. The van der Waals surface area contributed by atoms with Gasteiger partial charge in [-0.05, 0) is 49.2 Å². The molecule has 0 fully saturated rings. The van der Waals surface area contributed by atoms with Crippen molar-refractivity contribution in [1.29, 1.82) is 0 Å². The Morgan fingerprint density at radius 3 is 2.57 bits per heavy atom. The molecule has 0 spiro atoms. The van der Waals surface area contributed by atoms with Crippen LogP contribution in [0.15, 0.2) is 54.6 Å². The molecule has 4 heteroatoms. The zero-order valence-electron chi connectivity index (χ0n) is 13.3. The van der Waals surface area contributed by atoms with Crippen molar-refractivity contribution in [3.05, 3.63) is 70.8 Å². The van der Waals surface area contributed by atoms with E-state index in [0.717, 1.165) is 16.9 Å². The van der Waals surface area contributed by atoms with Gasteiger partial charge < -0.3 is 10.1 Å². The van der Waals surface area contributed by atoms with Crippen LogP contribution in [0.25, 0.3) is 6.08 Å². The van der Waals surface area contributed by atoms with Crippen molar-refractivity contribution in [3.8, 4) is 5.75 Å². The first-order valence-corrected chi connectivity index (χ1v) is 7.94.